The van der Waals surface area contributed by atoms with Crippen molar-refractivity contribution in [2.45, 2.75) is 161 Å². The zero-order valence-electron chi connectivity index (χ0n) is 28.1. The Hall–Kier alpha value is -2.09. The first kappa shape index (κ1) is 36.1. The van der Waals surface area contributed by atoms with Crippen LogP contribution in [-0.4, -0.2) is 14.1 Å². The van der Waals surface area contributed by atoms with Crippen LogP contribution in [0.25, 0.3) is 12.2 Å². The highest BCUT2D eigenvalue weighted by Gasteiger charge is 2.01. The van der Waals surface area contributed by atoms with E-state index in [0.717, 1.165) is 6.54 Å². The van der Waals surface area contributed by atoms with Gasteiger partial charge in [-0.2, -0.15) is 0 Å². The summed E-state index contributed by atoms with van der Waals surface area (Å²) in [5.74, 6) is 0. The third kappa shape index (κ3) is 19.2. The van der Waals surface area contributed by atoms with Crippen LogP contribution < -0.4 is 9.47 Å². The first-order valence-electron chi connectivity index (χ1n) is 18.1. The number of pyridine rings is 1. The average molecular weight is 576 g/mol. The zero-order valence-corrected chi connectivity index (χ0v) is 28.1. The molecule has 0 atom stereocenters. The van der Waals surface area contributed by atoms with E-state index in [1.54, 1.807) is 0 Å². The quantitative estimate of drug-likeness (QED) is 0.0759. The Balaban J connectivity index is 1.32. The third-order valence-electron chi connectivity index (χ3n) is 8.81. The highest BCUT2D eigenvalue weighted by molar-refractivity contribution is 5.70. The van der Waals surface area contributed by atoms with E-state index in [9.17, 15) is 0 Å². The Kier molecular flexibility index (Phi) is 21.8. The van der Waals surface area contributed by atoms with E-state index in [1.807, 2.05) is 0 Å². The molecule has 0 spiro atoms. The van der Waals surface area contributed by atoms with Gasteiger partial charge in [-0.3, -0.25) is 0 Å². The number of anilines is 1. The summed E-state index contributed by atoms with van der Waals surface area (Å²) >= 11 is 0. The van der Waals surface area contributed by atoms with Gasteiger partial charge in [0.15, 0.2) is 12.4 Å². The van der Waals surface area contributed by atoms with Crippen LogP contribution in [0.3, 0.4) is 0 Å². The molecule has 236 valence electrons. The smallest absolute Gasteiger partial charge is 0.169 e. The Morgan fingerprint density at radius 3 is 1.14 bits per heavy atom. The summed E-state index contributed by atoms with van der Waals surface area (Å²) in [5, 5.41) is 0. The number of hydrogen-bond acceptors (Lipinski definition) is 1. The third-order valence-corrected chi connectivity index (χ3v) is 8.81. The molecule has 0 fully saturated rings. The van der Waals surface area contributed by atoms with Crippen LogP contribution in [-0.2, 0) is 6.54 Å². The zero-order chi connectivity index (χ0) is 29.9. The SMILES string of the molecule is CCCCCCCCCCCCCCCCCCCCCCCCC[n+]1ccc(/C=C/c2ccc(N(C)C)cc2)cc1. The summed E-state index contributed by atoms with van der Waals surface area (Å²) in [6, 6.07) is 13.1. The molecule has 1 aromatic heterocycles. The fourth-order valence-electron chi connectivity index (χ4n) is 5.88. The van der Waals surface area contributed by atoms with Crippen molar-refractivity contribution in [3.05, 3.63) is 59.9 Å². The number of nitrogens with zero attached hydrogens (tertiary/aromatic N) is 2. The predicted octanol–water partition coefficient (Wildman–Crippen LogP) is 12.2. The van der Waals surface area contributed by atoms with Gasteiger partial charge < -0.3 is 4.90 Å². The van der Waals surface area contributed by atoms with Crippen LogP contribution >= 0.6 is 0 Å². The molecule has 0 unspecified atom stereocenters. The maximum absolute atomic E-state index is 2.33. The molecule has 0 aliphatic rings. The van der Waals surface area contributed by atoms with E-state index < -0.39 is 0 Å². The molecule has 0 amide bonds. The van der Waals surface area contributed by atoms with Gasteiger partial charge in [0.05, 0.1) is 0 Å². The molecule has 2 heteroatoms. The second-order valence-electron chi connectivity index (χ2n) is 13.0. The van der Waals surface area contributed by atoms with Crippen molar-refractivity contribution in [1.29, 1.82) is 0 Å². The molecule has 42 heavy (non-hydrogen) atoms. The Labute approximate surface area is 262 Å². The highest BCUT2D eigenvalue weighted by Crippen LogP contribution is 2.16. The van der Waals surface area contributed by atoms with Crippen molar-refractivity contribution < 1.29 is 4.57 Å². The number of hydrogen-bond donors (Lipinski definition) is 0. The van der Waals surface area contributed by atoms with Crippen LogP contribution in [0.2, 0.25) is 0 Å². The molecule has 1 aromatic carbocycles. The molecule has 1 heterocycles. The molecule has 0 bridgehead atoms. The Morgan fingerprint density at radius 1 is 0.452 bits per heavy atom. The second-order valence-corrected chi connectivity index (χ2v) is 13.0. The molecule has 2 aromatic rings. The molecule has 0 aliphatic carbocycles. The first-order chi connectivity index (χ1) is 20.7. The largest absolute Gasteiger partial charge is 0.378 e. The monoisotopic (exact) mass is 576 g/mol. The molecule has 0 saturated carbocycles. The van der Waals surface area contributed by atoms with Gasteiger partial charge in [-0.05, 0) is 29.7 Å². The fraction of sp³-hybridized carbons (Fsp3) is 0.675. The summed E-state index contributed by atoms with van der Waals surface area (Å²) in [7, 11) is 4.15. The minimum Gasteiger partial charge on any atom is -0.378 e. The number of rotatable bonds is 27. The summed E-state index contributed by atoms with van der Waals surface area (Å²) < 4.78 is 2.33. The number of aryl methyl sites for hydroxylation is 1. The van der Waals surface area contributed by atoms with Gasteiger partial charge in [-0.15, -0.1) is 0 Å². The van der Waals surface area contributed by atoms with Gasteiger partial charge in [0, 0.05) is 38.3 Å². The summed E-state index contributed by atoms with van der Waals surface area (Å²) in [5.41, 5.74) is 3.73. The van der Waals surface area contributed by atoms with Crippen LogP contribution in [0.15, 0.2) is 48.8 Å². The molecule has 0 radical (unpaired) electrons. The molecule has 0 N–H and O–H groups in total. The van der Waals surface area contributed by atoms with E-state index in [2.05, 4.69) is 91.4 Å². The molecular formula is C40H67N2+. The van der Waals surface area contributed by atoms with E-state index in [4.69, 9.17) is 0 Å². The van der Waals surface area contributed by atoms with Crippen molar-refractivity contribution >= 4 is 17.8 Å². The van der Waals surface area contributed by atoms with Gasteiger partial charge >= 0.3 is 0 Å². The predicted molar refractivity (Wildman–Crippen MR) is 188 cm³/mol. The van der Waals surface area contributed by atoms with Crippen molar-refractivity contribution in [3.8, 4) is 0 Å². The van der Waals surface area contributed by atoms with Crippen LogP contribution in [0.4, 0.5) is 5.69 Å². The molecular weight excluding hydrogens is 508 g/mol. The van der Waals surface area contributed by atoms with Gasteiger partial charge in [0.1, 0.15) is 6.54 Å². The topological polar surface area (TPSA) is 7.12 Å². The lowest BCUT2D eigenvalue weighted by Gasteiger charge is -2.11. The molecule has 2 rings (SSSR count). The fourth-order valence-corrected chi connectivity index (χ4v) is 5.88. The summed E-state index contributed by atoms with van der Waals surface area (Å²) in [4.78, 5) is 2.13. The Bertz CT molecular complexity index is 881. The van der Waals surface area contributed by atoms with E-state index in [1.165, 1.54) is 164 Å². The first-order valence-corrected chi connectivity index (χ1v) is 18.1. The number of benzene rings is 1. The van der Waals surface area contributed by atoms with Crippen LogP contribution in [0.5, 0.6) is 0 Å². The van der Waals surface area contributed by atoms with Crippen molar-refractivity contribution in [2.75, 3.05) is 19.0 Å². The number of unbranched alkanes of at least 4 members (excludes halogenated alkanes) is 22. The second kappa shape index (κ2) is 25.4. The number of aromatic nitrogens is 1. The van der Waals surface area contributed by atoms with Gasteiger partial charge in [-0.25, -0.2) is 4.57 Å². The van der Waals surface area contributed by atoms with Gasteiger partial charge in [0.25, 0.3) is 0 Å². The van der Waals surface area contributed by atoms with Gasteiger partial charge in [0.2, 0.25) is 0 Å². The summed E-state index contributed by atoms with van der Waals surface area (Å²) in [6.45, 7) is 3.44. The summed E-state index contributed by atoms with van der Waals surface area (Å²) in [6.07, 6.45) is 42.1. The lowest BCUT2D eigenvalue weighted by Crippen LogP contribution is -2.32. The Morgan fingerprint density at radius 2 is 0.786 bits per heavy atom. The van der Waals surface area contributed by atoms with Crippen LogP contribution in [0, 0.1) is 0 Å². The molecule has 2 nitrogen and oxygen atoms in total. The van der Waals surface area contributed by atoms with Crippen molar-refractivity contribution in [1.82, 2.24) is 0 Å². The average Bonchev–Trinajstić information content (AvgIpc) is 3.01. The maximum Gasteiger partial charge on any atom is 0.169 e. The van der Waals surface area contributed by atoms with E-state index in [-0.39, 0.29) is 0 Å². The highest BCUT2D eigenvalue weighted by atomic mass is 15.1. The minimum atomic E-state index is 1.13. The van der Waals surface area contributed by atoms with Crippen molar-refractivity contribution in [3.63, 3.8) is 0 Å². The molecule has 0 aliphatic heterocycles. The van der Waals surface area contributed by atoms with E-state index >= 15 is 0 Å². The normalized spacial score (nSPS) is 11.5. The minimum absolute atomic E-state index is 1.13. The lowest BCUT2D eigenvalue weighted by molar-refractivity contribution is -0.697. The lowest BCUT2D eigenvalue weighted by atomic mass is 10.0. The van der Waals surface area contributed by atoms with Crippen molar-refractivity contribution in [2.24, 2.45) is 0 Å². The van der Waals surface area contributed by atoms with Crippen LogP contribution in [0.1, 0.15) is 166 Å². The van der Waals surface area contributed by atoms with Gasteiger partial charge in [-0.1, -0.05) is 166 Å². The van der Waals surface area contributed by atoms with E-state index in [0.29, 0.717) is 0 Å². The maximum atomic E-state index is 2.33. The standard InChI is InChI=1S/C40H67N2/c1-4-5-6-7-8-9-10-11-12-13-14-15-16-17-18-19-20-21-22-23-24-25-26-35-42-36-33-39(34-37-42)28-27-38-29-31-40(32-30-38)41(2)3/h27-34,36-37H,4-26,35H2,1-3H3/q+1. The molecule has 0 saturated heterocycles.